The summed E-state index contributed by atoms with van der Waals surface area (Å²) in [6.45, 7) is 2.15. The molecule has 1 aliphatic rings. The molecule has 134 valence electrons. The molecule has 0 saturated carbocycles. The van der Waals surface area contributed by atoms with Crippen molar-refractivity contribution in [1.82, 2.24) is 14.8 Å². The quantitative estimate of drug-likeness (QED) is 0.764. The van der Waals surface area contributed by atoms with E-state index in [1.165, 1.54) is 0 Å². The van der Waals surface area contributed by atoms with E-state index in [0.717, 1.165) is 30.5 Å². The number of amides is 1. The normalized spacial score (nSPS) is 16.7. The lowest BCUT2D eigenvalue weighted by Crippen LogP contribution is -2.13. The smallest absolute Gasteiger partial charge is 0.274 e. The molecule has 3 heterocycles. The van der Waals surface area contributed by atoms with E-state index in [1.54, 1.807) is 29.1 Å². The minimum Gasteiger partial charge on any atom is -0.476 e. The third-order valence-electron chi connectivity index (χ3n) is 4.45. The monoisotopic (exact) mass is 352 g/mol. The molecule has 1 aliphatic heterocycles. The van der Waals surface area contributed by atoms with Crippen LogP contribution in [0.15, 0.2) is 42.6 Å². The molecular formula is C19H20N4O3. The molecule has 7 nitrogen and oxygen atoms in total. The van der Waals surface area contributed by atoms with Gasteiger partial charge in [0.15, 0.2) is 0 Å². The van der Waals surface area contributed by atoms with Gasteiger partial charge in [-0.3, -0.25) is 14.5 Å². The zero-order chi connectivity index (χ0) is 17.9. The van der Waals surface area contributed by atoms with Crippen molar-refractivity contribution in [2.45, 2.75) is 6.42 Å². The van der Waals surface area contributed by atoms with Crippen molar-refractivity contribution in [3.63, 3.8) is 0 Å². The second-order valence-corrected chi connectivity index (χ2v) is 6.37. The molecule has 1 aromatic carbocycles. The maximum atomic E-state index is 12.3. The topological polar surface area (TPSA) is 78.3 Å². The highest BCUT2D eigenvalue weighted by atomic mass is 16.5. The van der Waals surface area contributed by atoms with E-state index in [1.807, 2.05) is 25.2 Å². The van der Waals surface area contributed by atoms with Gasteiger partial charge in [0.05, 0.1) is 24.1 Å². The van der Waals surface area contributed by atoms with E-state index in [0.29, 0.717) is 29.8 Å². The number of carbonyl (C=O) groups is 1. The summed E-state index contributed by atoms with van der Waals surface area (Å²) in [4.78, 5) is 16.3. The van der Waals surface area contributed by atoms with Crippen LogP contribution in [-0.4, -0.2) is 40.5 Å². The summed E-state index contributed by atoms with van der Waals surface area (Å²) in [5.74, 6) is 0.783. The zero-order valence-electron chi connectivity index (χ0n) is 14.5. The van der Waals surface area contributed by atoms with E-state index in [4.69, 9.17) is 9.47 Å². The Hall–Kier alpha value is -2.93. The van der Waals surface area contributed by atoms with Gasteiger partial charge in [-0.1, -0.05) is 6.07 Å². The number of benzene rings is 1. The van der Waals surface area contributed by atoms with Crippen LogP contribution in [0.4, 0.5) is 5.69 Å². The fraction of sp³-hybridized carbons (Fsp3) is 0.316. The van der Waals surface area contributed by atoms with E-state index in [2.05, 4.69) is 15.4 Å². The Kier molecular flexibility index (Phi) is 4.53. The summed E-state index contributed by atoms with van der Waals surface area (Å²) in [5.41, 5.74) is 1.95. The van der Waals surface area contributed by atoms with Crippen molar-refractivity contribution >= 4 is 22.5 Å². The van der Waals surface area contributed by atoms with Gasteiger partial charge >= 0.3 is 0 Å². The molecule has 1 saturated heterocycles. The lowest BCUT2D eigenvalue weighted by Gasteiger charge is -2.08. The molecule has 4 rings (SSSR count). The largest absolute Gasteiger partial charge is 0.476 e. The Morgan fingerprint density at radius 3 is 3.08 bits per heavy atom. The third kappa shape index (κ3) is 3.39. The Morgan fingerprint density at radius 1 is 1.38 bits per heavy atom. The number of nitrogens with one attached hydrogen (secondary N) is 1. The number of rotatable bonds is 5. The first-order chi connectivity index (χ1) is 12.7. The van der Waals surface area contributed by atoms with E-state index in [-0.39, 0.29) is 5.91 Å². The zero-order valence-corrected chi connectivity index (χ0v) is 14.5. The lowest BCUT2D eigenvalue weighted by molar-refractivity contribution is 0.102. The molecule has 1 fully saturated rings. The van der Waals surface area contributed by atoms with Gasteiger partial charge in [0.1, 0.15) is 5.69 Å². The van der Waals surface area contributed by atoms with Crippen molar-refractivity contribution in [2.75, 3.05) is 25.1 Å². The number of anilines is 1. The summed E-state index contributed by atoms with van der Waals surface area (Å²) in [5, 5.41) is 8.24. The van der Waals surface area contributed by atoms with E-state index >= 15 is 0 Å². The van der Waals surface area contributed by atoms with Crippen LogP contribution in [0.5, 0.6) is 5.88 Å². The molecule has 7 heteroatoms. The highest BCUT2D eigenvalue weighted by molar-refractivity contribution is 6.03. The molecule has 1 atom stereocenters. The molecule has 0 radical (unpaired) electrons. The predicted molar refractivity (Wildman–Crippen MR) is 97.3 cm³/mol. The van der Waals surface area contributed by atoms with Gasteiger partial charge < -0.3 is 14.8 Å². The fourth-order valence-electron chi connectivity index (χ4n) is 3.01. The highest BCUT2D eigenvalue weighted by Gasteiger charge is 2.18. The molecule has 26 heavy (non-hydrogen) atoms. The van der Waals surface area contributed by atoms with Crippen LogP contribution in [0.2, 0.25) is 0 Å². The molecule has 0 spiro atoms. The Bertz CT molecular complexity index is 917. The van der Waals surface area contributed by atoms with Gasteiger partial charge in [0, 0.05) is 31.5 Å². The summed E-state index contributed by atoms with van der Waals surface area (Å²) in [7, 11) is 1.86. The Balaban J connectivity index is 1.52. The molecule has 0 bridgehead atoms. The maximum absolute atomic E-state index is 12.3. The number of hydrogen-bond donors (Lipinski definition) is 1. The van der Waals surface area contributed by atoms with Gasteiger partial charge in [-0.2, -0.15) is 0 Å². The van der Waals surface area contributed by atoms with Crippen LogP contribution < -0.4 is 10.1 Å². The number of aryl methyl sites for hydroxylation is 1. The van der Waals surface area contributed by atoms with Gasteiger partial charge in [-0.05, 0) is 36.8 Å². The SMILES string of the molecule is Cn1nc(OCC2CCOC2)c2ccc(NC(=O)c3ccccn3)cc21. The lowest BCUT2D eigenvalue weighted by atomic mass is 10.1. The first kappa shape index (κ1) is 16.5. The minimum absolute atomic E-state index is 0.246. The first-order valence-corrected chi connectivity index (χ1v) is 8.60. The minimum atomic E-state index is -0.246. The molecule has 1 amide bonds. The summed E-state index contributed by atoms with van der Waals surface area (Å²) in [6.07, 6.45) is 2.62. The maximum Gasteiger partial charge on any atom is 0.274 e. The van der Waals surface area contributed by atoms with Crippen molar-refractivity contribution in [2.24, 2.45) is 13.0 Å². The Labute approximate surface area is 150 Å². The predicted octanol–water partition coefficient (Wildman–Crippen LogP) is 2.64. The van der Waals surface area contributed by atoms with Crippen molar-refractivity contribution in [1.29, 1.82) is 0 Å². The number of ether oxygens (including phenoxy) is 2. The van der Waals surface area contributed by atoms with Crippen LogP contribution >= 0.6 is 0 Å². The summed E-state index contributed by atoms with van der Waals surface area (Å²) >= 11 is 0. The van der Waals surface area contributed by atoms with Crippen LogP contribution in [0.3, 0.4) is 0 Å². The van der Waals surface area contributed by atoms with Crippen LogP contribution in [0.25, 0.3) is 10.9 Å². The summed E-state index contributed by atoms with van der Waals surface area (Å²) < 4.78 is 13.0. The van der Waals surface area contributed by atoms with Gasteiger partial charge in [-0.25, -0.2) is 0 Å². The van der Waals surface area contributed by atoms with Crippen LogP contribution in [0.1, 0.15) is 16.9 Å². The molecule has 1 unspecified atom stereocenters. The number of hydrogen-bond acceptors (Lipinski definition) is 5. The first-order valence-electron chi connectivity index (χ1n) is 8.60. The number of aromatic nitrogens is 3. The average Bonchev–Trinajstić information content (AvgIpc) is 3.29. The summed E-state index contributed by atoms with van der Waals surface area (Å²) in [6, 6.07) is 10.9. The van der Waals surface area contributed by atoms with Crippen molar-refractivity contribution < 1.29 is 14.3 Å². The number of fused-ring (bicyclic) bond motifs is 1. The van der Waals surface area contributed by atoms with Crippen LogP contribution in [0, 0.1) is 5.92 Å². The fourth-order valence-corrected chi connectivity index (χ4v) is 3.01. The van der Waals surface area contributed by atoms with Gasteiger partial charge in [-0.15, -0.1) is 5.10 Å². The molecular weight excluding hydrogens is 332 g/mol. The van der Waals surface area contributed by atoms with Crippen molar-refractivity contribution in [3.05, 3.63) is 48.3 Å². The Morgan fingerprint density at radius 2 is 2.31 bits per heavy atom. The second kappa shape index (κ2) is 7.13. The molecule has 3 aromatic rings. The molecule has 0 aliphatic carbocycles. The average molecular weight is 352 g/mol. The molecule has 2 aromatic heterocycles. The molecule has 1 N–H and O–H groups in total. The number of pyridine rings is 1. The standard InChI is InChI=1S/C19H20N4O3/c1-23-17-10-14(21-18(24)16-4-2-3-8-20-16)5-6-15(17)19(22-23)26-12-13-7-9-25-11-13/h2-6,8,10,13H,7,9,11-12H2,1H3,(H,21,24). The highest BCUT2D eigenvalue weighted by Crippen LogP contribution is 2.28. The number of carbonyl (C=O) groups excluding carboxylic acids is 1. The van der Waals surface area contributed by atoms with Gasteiger partial charge in [0.25, 0.3) is 5.91 Å². The van der Waals surface area contributed by atoms with E-state index in [9.17, 15) is 4.79 Å². The van der Waals surface area contributed by atoms with Crippen LogP contribution in [-0.2, 0) is 11.8 Å². The number of nitrogens with zero attached hydrogens (tertiary/aromatic N) is 3. The van der Waals surface area contributed by atoms with Crippen molar-refractivity contribution in [3.8, 4) is 5.88 Å². The second-order valence-electron chi connectivity index (χ2n) is 6.37. The van der Waals surface area contributed by atoms with E-state index < -0.39 is 0 Å². The van der Waals surface area contributed by atoms with Gasteiger partial charge in [0.2, 0.25) is 5.88 Å². The third-order valence-corrected chi connectivity index (χ3v) is 4.45.